The first kappa shape index (κ1) is 11.6. The summed E-state index contributed by atoms with van der Waals surface area (Å²) in [6.45, 7) is 2.13. The van der Waals surface area contributed by atoms with Crippen LogP contribution in [0.2, 0.25) is 0 Å². The monoisotopic (exact) mass is 229 g/mol. The van der Waals surface area contributed by atoms with Crippen LogP contribution in [0, 0.1) is 0 Å². The Bertz CT molecular complexity index is 462. The maximum Gasteiger partial charge on any atom is 0.256 e. The first-order valence-electron chi connectivity index (χ1n) is 5.74. The van der Waals surface area contributed by atoms with Gasteiger partial charge in [0.25, 0.3) is 5.91 Å². The van der Waals surface area contributed by atoms with Crippen molar-refractivity contribution in [1.29, 1.82) is 0 Å². The van der Waals surface area contributed by atoms with Crippen molar-refractivity contribution in [2.24, 2.45) is 0 Å². The molecule has 0 saturated heterocycles. The molecule has 0 saturated carbocycles. The van der Waals surface area contributed by atoms with E-state index in [1.807, 2.05) is 36.4 Å². The van der Waals surface area contributed by atoms with E-state index in [1.54, 1.807) is 6.92 Å². The molecule has 2 rings (SSSR count). The molecule has 0 unspecified atom stereocenters. The van der Waals surface area contributed by atoms with Crippen molar-refractivity contribution in [1.82, 2.24) is 4.90 Å². The van der Waals surface area contributed by atoms with Gasteiger partial charge < -0.3 is 0 Å². The van der Waals surface area contributed by atoms with E-state index in [0.717, 1.165) is 5.56 Å². The Morgan fingerprint density at radius 1 is 1.18 bits per heavy atom. The first-order valence-corrected chi connectivity index (χ1v) is 5.74. The summed E-state index contributed by atoms with van der Waals surface area (Å²) in [7, 11) is 0. The molecule has 0 fully saturated rings. The number of carbonyl (C=O) groups is 2. The van der Waals surface area contributed by atoms with Crippen molar-refractivity contribution >= 4 is 11.8 Å². The number of hydrogen-bond acceptors (Lipinski definition) is 2. The molecule has 1 heterocycles. The summed E-state index contributed by atoms with van der Waals surface area (Å²) in [5, 5.41) is 0. The van der Waals surface area contributed by atoms with Crippen molar-refractivity contribution in [3.63, 3.8) is 0 Å². The van der Waals surface area contributed by atoms with Gasteiger partial charge in [-0.15, -0.1) is 0 Å². The first-order chi connectivity index (χ1) is 8.18. The number of carbonyl (C=O) groups excluding carboxylic acids is 2. The number of amides is 2. The minimum atomic E-state index is -0.170. The smallest absolute Gasteiger partial charge is 0.256 e. The molecule has 2 amide bonds. The van der Waals surface area contributed by atoms with Crippen molar-refractivity contribution in [2.45, 2.75) is 26.3 Å². The average molecular weight is 229 g/mol. The second-order valence-electron chi connectivity index (χ2n) is 4.20. The minimum Gasteiger partial charge on any atom is -0.274 e. The maximum atomic E-state index is 12.0. The number of hydrogen-bond donors (Lipinski definition) is 0. The van der Waals surface area contributed by atoms with Gasteiger partial charge in [0.05, 0.1) is 6.54 Å². The number of benzene rings is 1. The Kier molecular flexibility index (Phi) is 3.38. The van der Waals surface area contributed by atoms with Gasteiger partial charge >= 0.3 is 0 Å². The highest BCUT2D eigenvalue weighted by atomic mass is 16.2. The Balaban J connectivity index is 2.21. The summed E-state index contributed by atoms with van der Waals surface area (Å²) < 4.78 is 0. The largest absolute Gasteiger partial charge is 0.274 e. The molecule has 17 heavy (non-hydrogen) atoms. The summed E-state index contributed by atoms with van der Waals surface area (Å²) in [6, 6.07) is 9.57. The second kappa shape index (κ2) is 4.95. The zero-order valence-corrected chi connectivity index (χ0v) is 9.85. The van der Waals surface area contributed by atoms with E-state index in [1.165, 1.54) is 4.90 Å². The van der Waals surface area contributed by atoms with E-state index in [9.17, 15) is 9.59 Å². The fraction of sp³-hybridized carbons (Fsp3) is 0.286. The van der Waals surface area contributed by atoms with Crippen molar-refractivity contribution in [3.05, 3.63) is 47.5 Å². The number of imide groups is 1. The quantitative estimate of drug-likeness (QED) is 0.730. The number of nitrogens with zero attached hydrogens (tertiary/aromatic N) is 1. The van der Waals surface area contributed by atoms with Crippen LogP contribution in [0.15, 0.2) is 42.0 Å². The van der Waals surface area contributed by atoms with E-state index in [0.29, 0.717) is 25.0 Å². The lowest BCUT2D eigenvalue weighted by molar-refractivity contribution is -0.142. The molecule has 88 valence electrons. The third kappa shape index (κ3) is 2.61. The van der Waals surface area contributed by atoms with E-state index in [4.69, 9.17) is 0 Å². The van der Waals surface area contributed by atoms with Crippen LogP contribution in [0.25, 0.3) is 0 Å². The van der Waals surface area contributed by atoms with Crippen molar-refractivity contribution in [2.75, 3.05) is 0 Å². The highest BCUT2D eigenvalue weighted by Gasteiger charge is 2.24. The van der Waals surface area contributed by atoms with E-state index in [-0.39, 0.29) is 11.8 Å². The topological polar surface area (TPSA) is 37.4 Å². The van der Waals surface area contributed by atoms with Gasteiger partial charge in [0.2, 0.25) is 5.91 Å². The average Bonchev–Trinajstić information content (AvgIpc) is 2.45. The fourth-order valence-corrected chi connectivity index (χ4v) is 1.89. The normalized spacial score (nSPS) is 16.8. The lowest BCUT2D eigenvalue weighted by Gasteiger charge is -2.19. The molecular formula is C14H15NO2. The van der Waals surface area contributed by atoms with E-state index < -0.39 is 0 Å². The van der Waals surface area contributed by atoms with E-state index in [2.05, 4.69) is 0 Å². The van der Waals surface area contributed by atoms with Gasteiger partial charge in [0.1, 0.15) is 0 Å². The van der Waals surface area contributed by atoms with Crippen LogP contribution < -0.4 is 0 Å². The van der Waals surface area contributed by atoms with Crippen LogP contribution in [0.4, 0.5) is 0 Å². The molecule has 1 aromatic rings. The molecule has 3 nitrogen and oxygen atoms in total. The predicted molar refractivity (Wildman–Crippen MR) is 65.0 cm³/mol. The van der Waals surface area contributed by atoms with Crippen LogP contribution in [0.1, 0.15) is 25.3 Å². The standard InChI is InChI=1S/C14H15NO2/c1-11-6-5-9-13(16)15(14(11)17)10-12-7-3-2-4-8-12/h2-4,6-8H,5,9-10H2,1H3. The van der Waals surface area contributed by atoms with Crippen LogP contribution in [0.5, 0.6) is 0 Å². The van der Waals surface area contributed by atoms with Crippen LogP contribution in [0.3, 0.4) is 0 Å². The molecule has 1 aromatic carbocycles. The second-order valence-corrected chi connectivity index (χ2v) is 4.20. The molecule has 0 radical (unpaired) electrons. The van der Waals surface area contributed by atoms with Crippen LogP contribution in [-0.2, 0) is 16.1 Å². The molecule has 3 heteroatoms. The molecule has 1 aliphatic heterocycles. The molecular weight excluding hydrogens is 214 g/mol. The summed E-state index contributed by atoms with van der Waals surface area (Å²) in [5.74, 6) is -0.261. The number of allylic oxidation sites excluding steroid dienone is 1. The zero-order valence-electron chi connectivity index (χ0n) is 9.85. The highest BCUT2D eigenvalue weighted by Crippen LogP contribution is 2.15. The number of rotatable bonds is 2. The summed E-state index contributed by atoms with van der Waals surface area (Å²) in [6.07, 6.45) is 2.91. The van der Waals surface area contributed by atoms with Gasteiger partial charge in [-0.2, -0.15) is 0 Å². The molecule has 0 atom stereocenters. The van der Waals surface area contributed by atoms with Gasteiger partial charge in [-0.3, -0.25) is 14.5 Å². The summed E-state index contributed by atoms with van der Waals surface area (Å²) in [5.41, 5.74) is 1.63. The SMILES string of the molecule is CC1=CCCC(=O)N(Cc2ccccc2)C1=O. The van der Waals surface area contributed by atoms with Crippen LogP contribution >= 0.6 is 0 Å². The summed E-state index contributed by atoms with van der Waals surface area (Å²) in [4.78, 5) is 25.2. The third-order valence-corrected chi connectivity index (χ3v) is 2.88. The van der Waals surface area contributed by atoms with Crippen molar-refractivity contribution in [3.8, 4) is 0 Å². The zero-order chi connectivity index (χ0) is 12.3. The maximum absolute atomic E-state index is 12.0. The summed E-state index contributed by atoms with van der Waals surface area (Å²) >= 11 is 0. The van der Waals surface area contributed by atoms with Crippen LogP contribution in [-0.4, -0.2) is 16.7 Å². The van der Waals surface area contributed by atoms with Gasteiger partial charge in [-0.25, -0.2) is 0 Å². The van der Waals surface area contributed by atoms with Gasteiger partial charge in [0, 0.05) is 12.0 Å². The Morgan fingerprint density at radius 3 is 2.59 bits per heavy atom. The molecule has 0 N–H and O–H groups in total. The van der Waals surface area contributed by atoms with Gasteiger partial charge in [-0.1, -0.05) is 36.4 Å². The lowest BCUT2D eigenvalue weighted by atomic mass is 10.2. The molecule has 0 bridgehead atoms. The Labute approximate surface area is 101 Å². The van der Waals surface area contributed by atoms with E-state index >= 15 is 0 Å². The Morgan fingerprint density at radius 2 is 1.88 bits per heavy atom. The molecule has 0 aliphatic carbocycles. The van der Waals surface area contributed by atoms with Gasteiger partial charge in [-0.05, 0) is 18.9 Å². The van der Waals surface area contributed by atoms with Crippen molar-refractivity contribution < 1.29 is 9.59 Å². The molecule has 1 aliphatic rings. The van der Waals surface area contributed by atoms with Gasteiger partial charge in [0.15, 0.2) is 0 Å². The molecule has 0 aromatic heterocycles. The highest BCUT2D eigenvalue weighted by molar-refractivity contribution is 6.04. The fourth-order valence-electron chi connectivity index (χ4n) is 1.89. The minimum absolute atomic E-state index is 0.0908. The predicted octanol–water partition coefficient (Wildman–Crippen LogP) is 2.28. The Hall–Kier alpha value is -1.90. The molecule has 0 spiro atoms. The third-order valence-electron chi connectivity index (χ3n) is 2.88. The lowest BCUT2D eigenvalue weighted by Crippen LogP contribution is -2.35.